The van der Waals surface area contributed by atoms with Crippen molar-refractivity contribution in [3.63, 3.8) is 0 Å². The van der Waals surface area contributed by atoms with Crippen LogP contribution in [0.25, 0.3) is 0 Å². The molecule has 1 rings (SSSR count). The molecule has 0 heterocycles. The summed E-state index contributed by atoms with van der Waals surface area (Å²) >= 11 is 2.23. The summed E-state index contributed by atoms with van der Waals surface area (Å²) in [6, 6.07) is 5.64. The molecule has 0 aliphatic rings. The zero-order valence-electron chi connectivity index (χ0n) is 5.06. The second-order valence-corrected chi connectivity index (χ2v) is 4.25. The Bertz CT molecular complexity index is 224. The lowest BCUT2D eigenvalue weighted by atomic mass is 10.3. The van der Waals surface area contributed by atoms with Crippen LogP contribution in [0.3, 0.4) is 0 Å². The van der Waals surface area contributed by atoms with E-state index < -0.39 is 0 Å². The number of phenols is 1. The number of hydrogen-bond acceptors (Lipinski definition) is 1. The molecule has 0 bridgehead atoms. The lowest BCUT2D eigenvalue weighted by Crippen LogP contribution is -2.01. The molecule has 0 aromatic heterocycles. The quantitative estimate of drug-likeness (QED) is 0.507. The number of rotatable bonds is 0. The Morgan fingerprint density at radius 1 is 1.44 bits per heavy atom. The molecular formula is C6H7IOSi. The molecule has 1 N–H and O–H groups in total. The fourth-order valence-electron chi connectivity index (χ4n) is 0.619. The highest BCUT2D eigenvalue weighted by Gasteiger charge is 1.92. The predicted molar refractivity (Wildman–Crippen MR) is 50.4 cm³/mol. The molecule has 3 heteroatoms. The molecule has 1 aromatic rings. The van der Waals surface area contributed by atoms with Crippen LogP contribution < -0.4 is 5.19 Å². The third-order valence-corrected chi connectivity index (χ3v) is 2.63. The summed E-state index contributed by atoms with van der Waals surface area (Å²) in [5, 5.41) is 10.1. The van der Waals surface area contributed by atoms with Crippen LogP contribution in [0.2, 0.25) is 0 Å². The van der Waals surface area contributed by atoms with Crippen molar-refractivity contribution in [2.45, 2.75) is 0 Å². The van der Waals surface area contributed by atoms with Crippen LogP contribution in [0.4, 0.5) is 0 Å². The van der Waals surface area contributed by atoms with Crippen LogP contribution in [0.5, 0.6) is 5.75 Å². The van der Waals surface area contributed by atoms with E-state index in [0.29, 0.717) is 5.75 Å². The molecule has 0 unspecified atom stereocenters. The summed E-state index contributed by atoms with van der Waals surface area (Å²) in [7, 11) is 0.920. The molecule has 0 fully saturated rings. The molecule has 0 aliphatic carbocycles. The second-order valence-electron chi connectivity index (χ2n) is 1.93. The summed E-state index contributed by atoms with van der Waals surface area (Å²) in [5.41, 5.74) is 0. The monoisotopic (exact) mass is 250 g/mol. The number of aromatic hydroxyl groups is 1. The second kappa shape index (κ2) is 2.70. The number of benzene rings is 1. The molecule has 0 atom stereocenters. The molecule has 0 saturated carbocycles. The van der Waals surface area contributed by atoms with Crippen molar-refractivity contribution >= 4 is 38.0 Å². The van der Waals surface area contributed by atoms with Crippen LogP contribution in [0, 0.1) is 3.57 Å². The molecule has 9 heavy (non-hydrogen) atoms. The lowest BCUT2D eigenvalue weighted by Gasteiger charge is -1.96. The molecule has 1 nitrogen and oxygen atoms in total. The largest absolute Gasteiger partial charge is 0.508 e. The van der Waals surface area contributed by atoms with E-state index in [2.05, 4.69) is 22.6 Å². The Hall–Kier alpha value is -0.0331. The van der Waals surface area contributed by atoms with Crippen molar-refractivity contribution < 1.29 is 5.11 Å². The van der Waals surface area contributed by atoms with Gasteiger partial charge in [-0.1, -0.05) is 0 Å². The van der Waals surface area contributed by atoms with Crippen LogP contribution in [-0.2, 0) is 0 Å². The number of halogens is 1. The highest BCUT2D eigenvalue weighted by atomic mass is 127. The first-order valence-electron chi connectivity index (χ1n) is 2.65. The molecule has 48 valence electrons. The zero-order valence-corrected chi connectivity index (χ0v) is 9.21. The van der Waals surface area contributed by atoms with E-state index in [1.54, 1.807) is 6.07 Å². The van der Waals surface area contributed by atoms with Gasteiger partial charge in [0.05, 0.1) is 0 Å². The average Bonchev–Trinajstić information content (AvgIpc) is 1.80. The molecule has 0 amide bonds. The Morgan fingerprint density at radius 2 is 2.11 bits per heavy atom. The van der Waals surface area contributed by atoms with E-state index in [4.69, 9.17) is 5.11 Å². The summed E-state index contributed by atoms with van der Waals surface area (Å²) < 4.78 is 1.19. The zero-order chi connectivity index (χ0) is 6.85. The first-order chi connectivity index (χ1) is 4.20. The highest BCUT2D eigenvalue weighted by molar-refractivity contribution is 14.1. The maximum absolute atomic E-state index is 9.08. The maximum Gasteiger partial charge on any atom is 0.113 e. The third kappa shape index (κ3) is 1.69. The Balaban J connectivity index is 3.17. The standard InChI is InChI=1S/C6H7IOSi/c7-4-1-2-5(8)6(9)3-4/h1-3,8H,9H3. The summed E-state index contributed by atoms with van der Waals surface area (Å²) in [5.74, 6) is 0.432. The van der Waals surface area contributed by atoms with E-state index in [1.807, 2.05) is 12.1 Å². The van der Waals surface area contributed by atoms with Gasteiger partial charge in [0, 0.05) is 13.8 Å². The van der Waals surface area contributed by atoms with Crippen molar-refractivity contribution in [2.75, 3.05) is 0 Å². The van der Waals surface area contributed by atoms with Gasteiger partial charge >= 0.3 is 0 Å². The molecule has 0 radical (unpaired) electrons. The molecule has 0 saturated heterocycles. The van der Waals surface area contributed by atoms with Crippen molar-refractivity contribution in [1.82, 2.24) is 0 Å². The third-order valence-electron chi connectivity index (χ3n) is 1.16. The van der Waals surface area contributed by atoms with Gasteiger partial charge in [0.1, 0.15) is 5.75 Å². The van der Waals surface area contributed by atoms with E-state index in [1.165, 1.54) is 3.57 Å². The van der Waals surface area contributed by atoms with Crippen molar-refractivity contribution in [2.24, 2.45) is 0 Å². The predicted octanol–water partition coefficient (Wildman–Crippen LogP) is -0.0125. The van der Waals surface area contributed by atoms with Gasteiger partial charge in [-0.2, -0.15) is 0 Å². The van der Waals surface area contributed by atoms with Crippen LogP contribution >= 0.6 is 22.6 Å². The van der Waals surface area contributed by atoms with E-state index in [9.17, 15) is 0 Å². The van der Waals surface area contributed by atoms with Crippen LogP contribution in [0.15, 0.2) is 18.2 Å². The van der Waals surface area contributed by atoms with E-state index in [-0.39, 0.29) is 0 Å². The fraction of sp³-hybridized carbons (Fsp3) is 0. The van der Waals surface area contributed by atoms with Gasteiger partial charge in [-0.05, 0) is 46.0 Å². The Labute approximate surface area is 70.7 Å². The summed E-state index contributed by atoms with van der Waals surface area (Å²) in [6.45, 7) is 0. The minimum atomic E-state index is 0.432. The minimum absolute atomic E-state index is 0.432. The SMILES string of the molecule is Oc1ccc(I)cc1[SiH3]. The number of hydrogen-bond donors (Lipinski definition) is 1. The summed E-state index contributed by atoms with van der Waals surface area (Å²) in [4.78, 5) is 0. The van der Waals surface area contributed by atoms with Crippen molar-refractivity contribution in [1.29, 1.82) is 0 Å². The smallest absolute Gasteiger partial charge is 0.113 e. The van der Waals surface area contributed by atoms with E-state index >= 15 is 0 Å². The Kier molecular flexibility index (Phi) is 2.12. The maximum atomic E-state index is 9.08. The number of phenolic OH excluding ortho intramolecular Hbond substituents is 1. The minimum Gasteiger partial charge on any atom is -0.508 e. The van der Waals surface area contributed by atoms with Crippen molar-refractivity contribution in [3.8, 4) is 5.75 Å². The van der Waals surface area contributed by atoms with Crippen molar-refractivity contribution in [3.05, 3.63) is 21.8 Å². The summed E-state index contributed by atoms with van der Waals surface area (Å²) in [6.07, 6.45) is 0. The van der Waals surface area contributed by atoms with Gasteiger partial charge in [0.15, 0.2) is 0 Å². The molecule has 0 aliphatic heterocycles. The Morgan fingerprint density at radius 3 is 2.56 bits per heavy atom. The van der Waals surface area contributed by atoms with Gasteiger partial charge in [-0.25, -0.2) is 0 Å². The molecule has 0 spiro atoms. The fourth-order valence-corrected chi connectivity index (χ4v) is 2.33. The van der Waals surface area contributed by atoms with Gasteiger partial charge in [-0.3, -0.25) is 0 Å². The van der Waals surface area contributed by atoms with Gasteiger partial charge in [0.2, 0.25) is 0 Å². The molecule has 1 aromatic carbocycles. The first-order valence-corrected chi connectivity index (χ1v) is 4.73. The van der Waals surface area contributed by atoms with Gasteiger partial charge in [-0.15, -0.1) is 0 Å². The topological polar surface area (TPSA) is 20.2 Å². The lowest BCUT2D eigenvalue weighted by molar-refractivity contribution is 0.479. The molecular weight excluding hydrogens is 243 g/mol. The van der Waals surface area contributed by atoms with E-state index in [0.717, 1.165) is 15.4 Å². The normalized spacial score (nSPS) is 9.89. The van der Waals surface area contributed by atoms with Crippen LogP contribution in [-0.4, -0.2) is 15.3 Å². The van der Waals surface area contributed by atoms with Crippen LogP contribution in [0.1, 0.15) is 0 Å². The first kappa shape index (κ1) is 7.08. The average molecular weight is 250 g/mol. The van der Waals surface area contributed by atoms with Gasteiger partial charge in [0.25, 0.3) is 0 Å². The highest BCUT2D eigenvalue weighted by Crippen LogP contribution is 2.07. The van der Waals surface area contributed by atoms with Gasteiger partial charge < -0.3 is 5.11 Å².